The second kappa shape index (κ2) is 5.90. The summed E-state index contributed by atoms with van der Waals surface area (Å²) in [6, 6.07) is 7.38. The lowest BCUT2D eigenvalue weighted by Gasteiger charge is -2.52. The molecule has 2 fully saturated rings. The lowest BCUT2D eigenvalue weighted by molar-refractivity contribution is -0.174. The number of rotatable bonds is 3. The molecule has 0 aliphatic carbocycles. The van der Waals surface area contributed by atoms with Crippen LogP contribution in [-0.4, -0.2) is 57.0 Å². The molecular formula is C17H20N4O3. The molecule has 1 amide bonds. The van der Waals surface area contributed by atoms with Gasteiger partial charge >= 0.3 is 0 Å². The van der Waals surface area contributed by atoms with Gasteiger partial charge in [0.1, 0.15) is 17.4 Å². The minimum Gasteiger partial charge on any atom is -0.474 e. The molecule has 7 nitrogen and oxygen atoms in total. The summed E-state index contributed by atoms with van der Waals surface area (Å²) in [7, 11) is 1.77. The number of amides is 1. The number of carbonyl (C=O) groups is 1. The lowest BCUT2D eigenvalue weighted by Crippen LogP contribution is -2.67. The van der Waals surface area contributed by atoms with Crippen LogP contribution in [0.25, 0.3) is 0 Å². The molecule has 0 unspecified atom stereocenters. The van der Waals surface area contributed by atoms with Crippen LogP contribution in [0.5, 0.6) is 5.88 Å². The number of aromatic nitrogens is 3. The standard InChI is InChI=1S/C17H20N4O3/c1-20-14(5-8-19-20)16(22)21-11-17(12-21)10-13(6-9-23-17)24-15-4-2-3-7-18-15/h2-5,7-8,13H,6,9-12H2,1H3/t13-/m0/s1. The lowest BCUT2D eigenvalue weighted by atomic mass is 9.84. The van der Waals surface area contributed by atoms with Crippen LogP contribution in [0.4, 0.5) is 0 Å². The molecule has 2 aliphatic rings. The number of hydrogen-bond acceptors (Lipinski definition) is 5. The number of pyridine rings is 1. The Bertz CT molecular complexity index is 724. The maximum absolute atomic E-state index is 12.5. The number of aryl methyl sites for hydroxylation is 1. The number of carbonyl (C=O) groups excluding carboxylic acids is 1. The number of hydrogen-bond donors (Lipinski definition) is 0. The molecule has 2 aliphatic heterocycles. The minimum absolute atomic E-state index is 0.00278. The van der Waals surface area contributed by atoms with E-state index in [1.807, 2.05) is 18.2 Å². The number of nitrogens with zero attached hydrogens (tertiary/aromatic N) is 4. The fraction of sp³-hybridized carbons (Fsp3) is 0.471. The molecule has 4 heterocycles. The normalized spacial score (nSPS) is 22.2. The highest BCUT2D eigenvalue weighted by atomic mass is 16.5. The van der Waals surface area contributed by atoms with Crippen LogP contribution in [-0.2, 0) is 11.8 Å². The smallest absolute Gasteiger partial charge is 0.272 e. The van der Waals surface area contributed by atoms with E-state index >= 15 is 0 Å². The summed E-state index contributed by atoms with van der Waals surface area (Å²) in [5.74, 6) is 0.638. The first-order valence-electron chi connectivity index (χ1n) is 8.14. The zero-order valence-electron chi connectivity index (χ0n) is 13.6. The van der Waals surface area contributed by atoms with Gasteiger partial charge < -0.3 is 14.4 Å². The maximum Gasteiger partial charge on any atom is 0.272 e. The molecule has 0 aromatic carbocycles. The van der Waals surface area contributed by atoms with Crippen molar-refractivity contribution in [2.75, 3.05) is 19.7 Å². The van der Waals surface area contributed by atoms with Crippen molar-refractivity contribution < 1.29 is 14.3 Å². The molecule has 7 heteroatoms. The van der Waals surface area contributed by atoms with E-state index in [4.69, 9.17) is 9.47 Å². The van der Waals surface area contributed by atoms with Crippen LogP contribution < -0.4 is 4.74 Å². The molecular weight excluding hydrogens is 308 g/mol. The Morgan fingerprint density at radius 2 is 2.21 bits per heavy atom. The van der Waals surface area contributed by atoms with Gasteiger partial charge in [0, 0.05) is 38.3 Å². The molecule has 2 saturated heterocycles. The molecule has 1 atom stereocenters. The molecule has 126 valence electrons. The summed E-state index contributed by atoms with van der Waals surface area (Å²) in [4.78, 5) is 18.5. The third-order valence-electron chi connectivity index (χ3n) is 4.66. The van der Waals surface area contributed by atoms with Crippen LogP contribution in [0.3, 0.4) is 0 Å². The Balaban J connectivity index is 1.37. The first-order chi connectivity index (χ1) is 11.7. The summed E-state index contributed by atoms with van der Waals surface area (Å²) >= 11 is 0. The van der Waals surface area contributed by atoms with Gasteiger partial charge in [-0.15, -0.1) is 0 Å². The second-order valence-corrected chi connectivity index (χ2v) is 6.43. The first-order valence-corrected chi connectivity index (χ1v) is 8.14. The first kappa shape index (κ1) is 15.1. The predicted octanol–water partition coefficient (Wildman–Crippen LogP) is 1.27. The molecule has 4 rings (SSSR count). The van der Waals surface area contributed by atoms with E-state index in [-0.39, 0.29) is 17.6 Å². The van der Waals surface area contributed by atoms with Gasteiger partial charge in [-0.3, -0.25) is 9.48 Å². The van der Waals surface area contributed by atoms with Crippen LogP contribution in [0.1, 0.15) is 23.3 Å². The predicted molar refractivity (Wildman–Crippen MR) is 85.7 cm³/mol. The fourth-order valence-corrected chi connectivity index (χ4v) is 3.43. The number of likely N-dealkylation sites (tertiary alicyclic amines) is 1. The van der Waals surface area contributed by atoms with Crippen LogP contribution >= 0.6 is 0 Å². The van der Waals surface area contributed by atoms with Gasteiger partial charge in [0.2, 0.25) is 5.88 Å². The van der Waals surface area contributed by atoms with Crippen molar-refractivity contribution in [1.82, 2.24) is 19.7 Å². The van der Waals surface area contributed by atoms with Gasteiger partial charge in [-0.1, -0.05) is 6.07 Å². The molecule has 2 aromatic rings. The van der Waals surface area contributed by atoms with E-state index in [1.54, 1.807) is 35.1 Å². The summed E-state index contributed by atoms with van der Waals surface area (Å²) in [5.41, 5.74) is 0.313. The Kier molecular flexibility index (Phi) is 3.72. The summed E-state index contributed by atoms with van der Waals surface area (Å²) in [6.07, 6.45) is 5.05. The monoisotopic (exact) mass is 328 g/mol. The molecule has 0 saturated carbocycles. The van der Waals surface area contributed by atoms with Crippen molar-refractivity contribution in [2.45, 2.75) is 24.5 Å². The molecule has 0 N–H and O–H groups in total. The van der Waals surface area contributed by atoms with Crippen molar-refractivity contribution in [2.24, 2.45) is 7.05 Å². The Hall–Kier alpha value is -2.41. The fourth-order valence-electron chi connectivity index (χ4n) is 3.43. The van der Waals surface area contributed by atoms with E-state index in [9.17, 15) is 4.79 Å². The highest BCUT2D eigenvalue weighted by Gasteiger charge is 2.50. The van der Waals surface area contributed by atoms with Crippen molar-refractivity contribution in [3.8, 4) is 5.88 Å². The molecule has 0 bridgehead atoms. The average molecular weight is 328 g/mol. The van der Waals surface area contributed by atoms with Crippen LogP contribution in [0.2, 0.25) is 0 Å². The zero-order valence-corrected chi connectivity index (χ0v) is 13.6. The van der Waals surface area contributed by atoms with Crippen molar-refractivity contribution in [3.63, 3.8) is 0 Å². The van der Waals surface area contributed by atoms with E-state index in [1.165, 1.54) is 0 Å². The van der Waals surface area contributed by atoms with Gasteiger partial charge in [0.05, 0.1) is 19.7 Å². The van der Waals surface area contributed by atoms with Crippen molar-refractivity contribution >= 4 is 5.91 Å². The van der Waals surface area contributed by atoms with E-state index in [0.717, 1.165) is 12.8 Å². The summed E-state index contributed by atoms with van der Waals surface area (Å²) < 4.78 is 13.5. The Labute approximate surface area is 140 Å². The van der Waals surface area contributed by atoms with E-state index in [2.05, 4.69) is 10.1 Å². The van der Waals surface area contributed by atoms with Gasteiger partial charge in [-0.25, -0.2) is 4.98 Å². The highest BCUT2D eigenvalue weighted by Crippen LogP contribution is 2.36. The van der Waals surface area contributed by atoms with Gasteiger partial charge in [-0.2, -0.15) is 5.10 Å². The van der Waals surface area contributed by atoms with Gasteiger partial charge in [0.25, 0.3) is 5.91 Å². The van der Waals surface area contributed by atoms with Crippen LogP contribution in [0, 0.1) is 0 Å². The summed E-state index contributed by atoms with van der Waals surface area (Å²) in [5, 5.41) is 4.05. The third-order valence-corrected chi connectivity index (χ3v) is 4.66. The van der Waals surface area contributed by atoms with Crippen molar-refractivity contribution in [1.29, 1.82) is 0 Å². The van der Waals surface area contributed by atoms with Gasteiger partial charge in [-0.05, 0) is 12.1 Å². The van der Waals surface area contributed by atoms with E-state index in [0.29, 0.717) is 31.3 Å². The molecule has 1 spiro atoms. The molecule has 0 radical (unpaired) electrons. The SMILES string of the molecule is Cn1nccc1C(=O)N1CC2(C[C@@H](Oc3ccccn3)CCO2)C1. The quantitative estimate of drug-likeness (QED) is 0.849. The largest absolute Gasteiger partial charge is 0.474 e. The van der Waals surface area contributed by atoms with Crippen molar-refractivity contribution in [3.05, 3.63) is 42.4 Å². The molecule has 2 aromatic heterocycles. The Morgan fingerprint density at radius 1 is 1.33 bits per heavy atom. The zero-order chi connectivity index (χ0) is 16.6. The van der Waals surface area contributed by atoms with Gasteiger partial charge in [0.15, 0.2) is 0 Å². The number of ether oxygens (including phenoxy) is 2. The van der Waals surface area contributed by atoms with E-state index < -0.39 is 0 Å². The third kappa shape index (κ3) is 2.75. The minimum atomic E-state index is -0.286. The second-order valence-electron chi connectivity index (χ2n) is 6.43. The van der Waals surface area contributed by atoms with Crippen LogP contribution in [0.15, 0.2) is 36.7 Å². The highest BCUT2D eigenvalue weighted by molar-refractivity contribution is 5.93. The molecule has 24 heavy (non-hydrogen) atoms. The average Bonchev–Trinajstić information content (AvgIpc) is 2.99. The Morgan fingerprint density at radius 3 is 2.92 bits per heavy atom. The summed E-state index contributed by atoms with van der Waals surface area (Å²) in [6.45, 7) is 1.84. The topological polar surface area (TPSA) is 69.5 Å². The maximum atomic E-state index is 12.5.